The topological polar surface area (TPSA) is 86.7 Å². The predicted octanol–water partition coefficient (Wildman–Crippen LogP) is 0.417. The molecular formula is C10H20N2O4S. The minimum atomic E-state index is -3.53. The molecule has 0 aliphatic carbocycles. The van der Waals surface area contributed by atoms with Gasteiger partial charge in [-0.2, -0.15) is 12.7 Å². The van der Waals surface area contributed by atoms with E-state index in [-0.39, 0.29) is 6.54 Å². The second kappa shape index (κ2) is 5.32. The van der Waals surface area contributed by atoms with E-state index in [1.807, 2.05) is 6.92 Å². The van der Waals surface area contributed by atoms with Crippen LogP contribution in [-0.4, -0.2) is 43.4 Å². The smallest absolute Gasteiger partial charge is 0.310 e. The van der Waals surface area contributed by atoms with Gasteiger partial charge in [0.25, 0.3) is 10.2 Å². The molecule has 1 heterocycles. The molecule has 6 nitrogen and oxygen atoms in total. The Morgan fingerprint density at radius 3 is 2.71 bits per heavy atom. The van der Waals surface area contributed by atoms with Crippen LogP contribution in [0.1, 0.15) is 33.1 Å². The molecule has 0 bridgehead atoms. The van der Waals surface area contributed by atoms with E-state index in [2.05, 4.69) is 4.72 Å². The van der Waals surface area contributed by atoms with Crippen LogP contribution in [0.4, 0.5) is 0 Å². The zero-order valence-corrected chi connectivity index (χ0v) is 11.1. The fourth-order valence-corrected chi connectivity index (χ4v) is 3.36. The third-order valence-electron chi connectivity index (χ3n) is 3.05. The number of nitrogens with zero attached hydrogens (tertiary/aromatic N) is 1. The molecule has 1 rings (SSSR count). The summed E-state index contributed by atoms with van der Waals surface area (Å²) in [6, 6.07) is 0. The van der Waals surface area contributed by atoms with Gasteiger partial charge < -0.3 is 5.11 Å². The standard InChI is InChI=1S/C10H20N2O4S/c1-3-6-11-17(15,16)12-7-4-5-10(2,8-12)9(13)14/h11H,3-8H2,1-2H3,(H,13,14). The van der Waals surface area contributed by atoms with E-state index in [1.165, 1.54) is 4.31 Å². The summed E-state index contributed by atoms with van der Waals surface area (Å²) in [6.07, 6.45) is 1.81. The highest BCUT2D eigenvalue weighted by Crippen LogP contribution is 2.30. The number of nitrogens with one attached hydrogen (secondary N) is 1. The van der Waals surface area contributed by atoms with Crippen LogP contribution in [-0.2, 0) is 15.0 Å². The molecule has 7 heteroatoms. The largest absolute Gasteiger partial charge is 0.481 e. The summed E-state index contributed by atoms with van der Waals surface area (Å²) in [4.78, 5) is 11.1. The number of hydrogen-bond donors (Lipinski definition) is 2. The van der Waals surface area contributed by atoms with E-state index in [1.54, 1.807) is 6.92 Å². The number of aliphatic carboxylic acids is 1. The second-order valence-corrected chi connectivity index (χ2v) is 6.46. The Labute approximate surface area is 102 Å². The zero-order chi connectivity index (χ0) is 13.1. The number of carboxylic acids is 1. The molecule has 1 fully saturated rings. The summed E-state index contributed by atoms with van der Waals surface area (Å²) in [7, 11) is -3.53. The van der Waals surface area contributed by atoms with Gasteiger partial charge in [0.05, 0.1) is 5.41 Å². The number of carboxylic acid groups (broad SMARTS) is 1. The summed E-state index contributed by atoms with van der Waals surface area (Å²) in [5.74, 6) is -0.937. The molecule has 0 aromatic heterocycles. The van der Waals surface area contributed by atoms with E-state index < -0.39 is 21.6 Å². The van der Waals surface area contributed by atoms with Crippen LogP contribution >= 0.6 is 0 Å². The Morgan fingerprint density at radius 1 is 1.53 bits per heavy atom. The third kappa shape index (κ3) is 3.40. The van der Waals surface area contributed by atoms with Gasteiger partial charge in [0.15, 0.2) is 0 Å². The van der Waals surface area contributed by atoms with Gasteiger partial charge in [0.1, 0.15) is 0 Å². The van der Waals surface area contributed by atoms with E-state index in [0.717, 1.165) is 0 Å². The van der Waals surface area contributed by atoms with Gasteiger partial charge in [-0.15, -0.1) is 0 Å². The Morgan fingerprint density at radius 2 is 2.18 bits per heavy atom. The number of rotatable bonds is 5. The van der Waals surface area contributed by atoms with Crippen LogP contribution < -0.4 is 4.72 Å². The highest BCUT2D eigenvalue weighted by atomic mass is 32.2. The number of carbonyl (C=O) groups is 1. The fraction of sp³-hybridized carbons (Fsp3) is 0.900. The highest BCUT2D eigenvalue weighted by molar-refractivity contribution is 7.87. The maximum absolute atomic E-state index is 11.9. The first kappa shape index (κ1) is 14.4. The zero-order valence-electron chi connectivity index (χ0n) is 10.3. The van der Waals surface area contributed by atoms with Crippen molar-refractivity contribution in [1.29, 1.82) is 0 Å². The summed E-state index contributed by atoms with van der Waals surface area (Å²) in [5.41, 5.74) is -0.973. The lowest BCUT2D eigenvalue weighted by Gasteiger charge is -2.36. The van der Waals surface area contributed by atoms with Crippen LogP contribution in [0.15, 0.2) is 0 Å². The van der Waals surface area contributed by atoms with Gasteiger partial charge in [-0.1, -0.05) is 6.92 Å². The molecule has 0 aromatic carbocycles. The Balaban J connectivity index is 2.76. The maximum atomic E-state index is 11.9. The van der Waals surface area contributed by atoms with Gasteiger partial charge in [-0.05, 0) is 26.2 Å². The molecule has 1 atom stereocenters. The molecule has 100 valence electrons. The molecule has 0 saturated carbocycles. The monoisotopic (exact) mass is 264 g/mol. The van der Waals surface area contributed by atoms with E-state index in [0.29, 0.717) is 32.4 Å². The van der Waals surface area contributed by atoms with Crippen LogP contribution in [0.5, 0.6) is 0 Å². The molecule has 0 amide bonds. The highest BCUT2D eigenvalue weighted by Gasteiger charge is 2.41. The predicted molar refractivity (Wildman–Crippen MR) is 63.8 cm³/mol. The molecule has 0 aromatic rings. The Kier molecular flexibility index (Phi) is 4.51. The van der Waals surface area contributed by atoms with Gasteiger partial charge in [-0.25, -0.2) is 4.72 Å². The van der Waals surface area contributed by atoms with Crippen molar-refractivity contribution in [3.05, 3.63) is 0 Å². The lowest BCUT2D eigenvalue weighted by Crippen LogP contribution is -2.51. The lowest BCUT2D eigenvalue weighted by molar-refractivity contribution is -0.150. The lowest BCUT2D eigenvalue weighted by atomic mass is 9.83. The Bertz CT molecular complexity index is 382. The quantitative estimate of drug-likeness (QED) is 0.753. The van der Waals surface area contributed by atoms with Crippen LogP contribution in [0, 0.1) is 5.41 Å². The van der Waals surface area contributed by atoms with E-state index in [9.17, 15) is 13.2 Å². The summed E-state index contributed by atoms with van der Waals surface area (Å²) in [5, 5.41) is 9.12. The van der Waals surface area contributed by atoms with E-state index >= 15 is 0 Å². The van der Waals surface area contributed by atoms with Crippen molar-refractivity contribution in [2.75, 3.05) is 19.6 Å². The fourth-order valence-electron chi connectivity index (χ4n) is 1.89. The van der Waals surface area contributed by atoms with E-state index in [4.69, 9.17) is 5.11 Å². The van der Waals surface area contributed by atoms with Gasteiger partial charge in [0.2, 0.25) is 0 Å². The van der Waals surface area contributed by atoms with Crippen molar-refractivity contribution in [2.24, 2.45) is 5.41 Å². The molecule has 1 unspecified atom stereocenters. The summed E-state index contributed by atoms with van der Waals surface area (Å²) in [6.45, 7) is 4.28. The number of piperidine rings is 1. The molecule has 1 saturated heterocycles. The molecular weight excluding hydrogens is 244 g/mol. The second-order valence-electron chi connectivity index (χ2n) is 4.70. The van der Waals surface area contributed by atoms with Gasteiger partial charge in [0, 0.05) is 19.6 Å². The molecule has 0 spiro atoms. The molecule has 0 radical (unpaired) electrons. The van der Waals surface area contributed by atoms with Crippen molar-refractivity contribution >= 4 is 16.2 Å². The Hall–Kier alpha value is -0.660. The van der Waals surface area contributed by atoms with Crippen molar-refractivity contribution in [3.63, 3.8) is 0 Å². The van der Waals surface area contributed by atoms with Crippen molar-refractivity contribution in [3.8, 4) is 0 Å². The normalized spacial score (nSPS) is 26.9. The average molecular weight is 264 g/mol. The van der Waals surface area contributed by atoms with Gasteiger partial charge in [-0.3, -0.25) is 4.79 Å². The first-order valence-electron chi connectivity index (χ1n) is 5.80. The summed E-state index contributed by atoms with van der Waals surface area (Å²) < 4.78 is 27.5. The molecule has 1 aliphatic rings. The first-order chi connectivity index (χ1) is 7.82. The third-order valence-corrected chi connectivity index (χ3v) is 4.61. The van der Waals surface area contributed by atoms with Crippen molar-refractivity contribution in [2.45, 2.75) is 33.1 Å². The van der Waals surface area contributed by atoms with Crippen molar-refractivity contribution < 1.29 is 18.3 Å². The number of hydrogen-bond acceptors (Lipinski definition) is 3. The summed E-state index contributed by atoms with van der Waals surface area (Å²) >= 11 is 0. The van der Waals surface area contributed by atoms with Crippen molar-refractivity contribution in [1.82, 2.24) is 9.03 Å². The molecule has 2 N–H and O–H groups in total. The minimum absolute atomic E-state index is 0.0430. The van der Waals surface area contributed by atoms with Crippen LogP contribution in [0.3, 0.4) is 0 Å². The average Bonchev–Trinajstić information content (AvgIpc) is 2.26. The molecule has 17 heavy (non-hydrogen) atoms. The SMILES string of the molecule is CCCNS(=O)(=O)N1CCCC(C)(C(=O)O)C1. The first-order valence-corrected chi connectivity index (χ1v) is 7.24. The molecule has 1 aliphatic heterocycles. The minimum Gasteiger partial charge on any atom is -0.481 e. The maximum Gasteiger partial charge on any atom is 0.310 e. The van der Waals surface area contributed by atoms with Gasteiger partial charge >= 0.3 is 5.97 Å². The van der Waals surface area contributed by atoms with Crippen LogP contribution in [0.25, 0.3) is 0 Å². The van der Waals surface area contributed by atoms with Crippen LogP contribution in [0.2, 0.25) is 0 Å².